The van der Waals surface area contributed by atoms with Crippen LogP contribution in [0.25, 0.3) is 0 Å². The summed E-state index contributed by atoms with van der Waals surface area (Å²) in [6.45, 7) is 6.25. The van der Waals surface area contributed by atoms with Gasteiger partial charge in [0.05, 0.1) is 5.56 Å². The molecule has 1 aromatic heterocycles. The fraction of sp³-hybridized carbons (Fsp3) is 0.421. The fourth-order valence-electron chi connectivity index (χ4n) is 3.15. The summed E-state index contributed by atoms with van der Waals surface area (Å²) in [4.78, 5) is 25.1. The highest BCUT2D eigenvalue weighted by atomic mass is 19.4. The summed E-state index contributed by atoms with van der Waals surface area (Å²) in [6, 6.07) is 7.24. The third kappa shape index (κ3) is 5.27. The van der Waals surface area contributed by atoms with Crippen LogP contribution in [0.4, 0.5) is 24.8 Å². The molecule has 2 heterocycles. The summed E-state index contributed by atoms with van der Waals surface area (Å²) >= 11 is 0. The zero-order valence-corrected chi connectivity index (χ0v) is 16.2. The number of nitrogens with zero attached hydrogens (tertiary/aromatic N) is 4. The van der Waals surface area contributed by atoms with Crippen LogP contribution >= 0.6 is 0 Å². The van der Waals surface area contributed by atoms with Crippen molar-refractivity contribution in [2.75, 3.05) is 42.9 Å². The molecule has 1 aliphatic rings. The Morgan fingerprint density at radius 2 is 1.86 bits per heavy atom. The van der Waals surface area contributed by atoms with Crippen molar-refractivity contribution in [3.63, 3.8) is 0 Å². The Morgan fingerprint density at radius 3 is 2.52 bits per heavy atom. The van der Waals surface area contributed by atoms with Gasteiger partial charge < -0.3 is 19.9 Å². The molecular weight excluding hydrogens is 387 g/mol. The largest absolute Gasteiger partial charge is 0.573 e. The summed E-state index contributed by atoms with van der Waals surface area (Å²) in [5.41, 5.74) is -0.106. The van der Waals surface area contributed by atoms with E-state index in [2.05, 4.69) is 20.0 Å². The van der Waals surface area contributed by atoms with Gasteiger partial charge in [0.2, 0.25) is 0 Å². The Kier molecular flexibility index (Phi) is 6.09. The number of para-hydroxylation sites is 1. The van der Waals surface area contributed by atoms with E-state index < -0.39 is 18.0 Å². The number of carbonyl (C=O) groups is 1. The van der Waals surface area contributed by atoms with Gasteiger partial charge in [0.1, 0.15) is 23.2 Å². The lowest BCUT2D eigenvalue weighted by Crippen LogP contribution is -2.49. The number of halogens is 3. The number of ether oxygens (including phenoxy) is 1. The first-order valence-corrected chi connectivity index (χ1v) is 9.25. The summed E-state index contributed by atoms with van der Waals surface area (Å²) in [5.74, 6) is 1.13. The normalized spacial score (nSPS) is 14.7. The second-order valence-corrected chi connectivity index (χ2v) is 6.51. The minimum atomic E-state index is -4.86. The van der Waals surface area contributed by atoms with E-state index in [-0.39, 0.29) is 5.56 Å². The molecule has 7 nitrogen and oxygen atoms in total. The number of hydrogen-bond donors (Lipinski definition) is 1. The van der Waals surface area contributed by atoms with Crippen molar-refractivity contribution in [2.24, 2.45) is 0 Å². The van der Waals surface area contributed by atoms with Crippen LogP contribution in [0.15, 0.2) is 30.3 Å². The Labute approximate surface area is 166 Å². The molecule has 1 aromatic carbocycles. The first-order valence-electron chi connectivity index (χ1n) is 9.25. The smallest absolute Gasteiger partial charge is 0.405 e. The Hall–Kier alpha value is -3.04. The van der Waals surface area contributed by atoms with Crippen molar-refractivity contribution in [2.45, 2.75) is 20.2 Å². The third-order valence-electron chi connectivity index (χ3n) is 4.42. The predicted octanol–water partition coefficient (Wildman–Crippen LogP) is 3.08. The lowest BCUT2D eigenvalue weighted by atomic mass is 10.1. The van der Waals surface area contributed by atoms with E-state index in [4.69, 9.17) is 0 Å². The molecule has 0 saturated carbocycles. The number of amides is 1. The van der Waals surface area contributed by atoms with E-state index in [9.17, 15) is 18.0 Å². The van der Waals surface area contributed by atoms with Crippen LogP contribution in [0.3, 0.4) is 0 Å². The van der Waals surface area contributed by atoms with E-state index in [0.29, 0.717) is 32.0 Å². The van der Waals surface area contributed by atoms with Gasteiger partial charge in [-0.1, -0.05) is 12.1 Å². The average molecular weight is 409 g/mol. The predicted molar refractivity (Wildman–Crippen MR) is 102 cm³/mol. The standard InChI is InChI=1S/C19H22F3N5O2/c1-3-23-16-12-17(25-13(2)24-16)26-8-10-27(11-9-26)18(28)14-6-4-5-7-15(14)29-19(20,21)22/h4-7,12H,3,8-11H2,1-2H3,(H,23,24,25). The maximum absolute atomic E-state index is 12.8. The fourth-order valence-corrected chi connectivity index (χ4v) is 3.15. The molecule has 0 unspecified atom stereocenters. The van der Waals surface area contributed by atoms with Gasteiger partial charge >= 0.3 is 6.36 Å². The maximum Gasteiger partial charge on any atom is 0.573 e. The number of aromatic nitrogens is 2. The molecule has 1 amide bonds. The van der Waals surface area contributed by atoms with Crippen molar-refractivity contribution < 1.29 is 22.7 Å². The molecule has 1 aliphatic heterocycles. The van der Waals surface area contributed by atoms with Crippen molar-refractivity contribution >= 4 is 17.5 Å². The molecule has 3 rings (SSSR count). The molecule has 0 atom stereocenters. The topological polar surface area (TPSA) is 70.6 Å². The lowest BCUT2D eigenvalue weighted by molar-refractivity contribution is -0.274. The summed E-state index contributed by atoms with van der Waals surface area (Å²) in [5, 5.41) is 3.15. The number of rotatable bonds is 5. The number of benzene rings is 1. The van der Waals surface area contributed by atoms with Gasteiger partial charge in [-0.25, -0.2) is 9.97 Å². The van der Waals surface area contributed by atoms with E-state index in [0.717, 1.165) is 24.2 Å². The number of aryl methyl sites for hydroxylation is 1. The van der Waals surface area contributed by atoms with Crippen LogP contribution in [0, 0.1) is 6.92 Å². The highest BCUT2D eigenvalue weighted by molar-refractivity contribution is 5.97. The molecule has 156 valence electrons. The Balaban J connectivity index is 1.69. The summed E-state index contributed by atoms with van der Waals surface area (Å²) in [6.07, 6.45) is -4.86. The van der Waals surface area contributed by atoms with Crippen molar-refractivity contribution in [1.29, 1.82) is 0 Å². The monoisotopic (exact) mass is 409 g/mol. The second-order valence-electron chi connectivity index (χ2n) is 6.51. The molecule has 0 spiro atoms. The second kappa shape index (κ2) is 8.54. The van der Waals surface area contributed by atoms with Crippen LogP contribution in [-0.2, 0) is 0 Å². The molecule has 10 heteroatoms. The average Bonchev–Trinajstić information content (AvgIpc) is 2.67. The zero-order chi connectivity index (χ0) is 21.0. The molecule has 1 saturated heterocycles. The molecular formula is C19H22F3N5O2. The number of alkyl halides is 3. The first-order chi connectivity index (χ1) is 13.8. The van der Waals surface area contributed by atoms with Crippen LogP contribution in [-0.4, -0.2) is 59.9 Å². The maximum atomic E-state index is 12.8. The minimum Gasteiger partial charge on any atom is -0.405 e. The van der Waals surface area contributed by atoms with Gasteiger partial charge in [0, 0.05) is 38.8 Å². The summed E-state index contributed by atoms with van der Waals surface area (Å²) < 4.78 is 41.8. The number of carbonyl (C=O) groups excluding carboxylic acids is 1. The highest BCUT2D eigenvalue weighted by Gasteiger charge is 2.34. The zero-order valence-electron chi connectivity index (χ0n) is 16.2. The van der Waals surface area contributed by atoms with Gasteiger partial charge in [-0.15, -0.1) is 13.2 Å². The molecule has 1 fully saturated rings. The molecule has 0 aliphatic carbocycles. The van der Waals surface area contributed by atoms with Crippen LogP contribution < -0.4 is 15.0 Å². The van der Waals surface area contributed by atoms with Gasteiger partial charge in [-0.3, -0.25) is 4.79 Å². The van der Waals surface area contributed by atoms with E-state index >= 15 is 0 Å². The highest BCUT2D eigenvalue weighted by Crippen LogP contribution is 2.27. The number of anilines is 2. The van der Waals surface area contributed by atoms with Crippen LogP contribution in [0.5, 0.6) is 5.75 Å². The van der Waals surface area contributed by atoms with Crippen molar-refractivity contribution in [3.05, 3.63) is 41.7 Å². The Morgan fingerprint density at radius 1 is 1.17 bits per heavy atom. The third-order valence-corrected chi connectivity index (χ3v) is 4.42. The molecule has 0 bridgehead atoms. The van der Waals surface area contributed by atoms with Gasteiger partial charge in [0.25, 0.3) is 5.91 Å². The van der Waals surface area contributed by atoms with Crippen molar-refractivity contribution in [1.82, 2.24) is 14.9 Å². The van der Waals surface area contributed by atoms with E-state index in [1.54, 1.807) is 0 Å². The van der Waals surface area contributed by atoms with Crippen LogP contribution in [0.2, 0.25) is 0 Å². The SMILES string of the molecule is CCNc1cc(N2CCN(C(=O)c3ccccc3OC(F)(F)F)CC2)nc(C)n1. The van der Waals surface area contributed by atoms with Gasteiger partial charge in [-0.05, 0) is 26.0 Å². The van der Waals surface area contributed by atoms with Gasteiger partial charge in [0.15, 0.2) is 0 Å². The van der Waals surface area contributed by atoms with E-state index in [1.165, 1.54) is 23.1 Å². The van der Waals surface area contributed by atoms with Crippen molar-refractivity contribution in [3.8, 4) is 5.75 Å². The Bertz CT molecular complexity index is 867. The quantitative estimate of drug-likeness (QED) is 0.819. The number of nitrogens with one attached hydrogen (secondary N) is 1. The molecule has 0 radical (unpaired) electrons. The first kappa shape index (κ1) is 20.7. The van der Waals surface area contributed by atoms with Gasteiger partial charge in [-0.2, -0.15) is 0 Å². The number of piperazine rings is 1. The van der Waals surface area contributed by atoms with Crippen LogP contribution in [0.1, 0.15) is 23.1 Å². The molecule has 1 N–H and O–H groups in total. The summed E-state index contributed by atoms with van der Waals surface area (Å²) in [7, 11) is 0. The number of hydrogen-bond acceptors (Lipinski definition) is 6. The molecule has 2 aromatic rings. The lowest BCUT2D eigenvalue weighted by Gasteiger charge is -2.35. The minimum absolute atomic E-state index is 0.106. The van der Waals surface area contributed by atoms with E-state index in [1.807, 2.05) is 24.8 Å². The molecule has 29 heavy (non-hydrogen) atoms.